The highest BCUT2D eigenvalue weighted by atomic mass is 19.1. The minimum Gasteiger partial charge on any atom is -0.396 e. The fraction of sp³-hybridized carbons (Fsp3) is 0.500. The van der Waals surface area contributed by atoms with E-state index in [1.807, 2.05) is 6.92 Å². The smallest absolute Gasteiger partial charge is 0.257 e. The number of halogens is 2. The van der Waals surface area contributed by atoms with Crippen LogP contribution in [0.4, 0.5) is 14.5 Å². The van der Waals surface area contributed by atoms with Crippen LogP contribution in [0.15, 0.2) is 12.1 Å². The normalized spacial score (nSPS) is 23.1. The van der Waals surface area contributed by atoms with Gasteiger partial charge in [-0.15, -0.1) is 0 Å². The first kappa shape index (κ1) is 13.8. The molecule has 0 heterocycles. The molecule has 1 aliphatic rings. The van der Waals surface area contributed by atoms with Gasteiger partial charge in [0.05, 0.1) is 5.69 Å². The standard InChI is InChI=1S/C14H18F2N2O/c1-8-4-2-3-5-11(8)18-14(19)12-9(15)6-7-10(17)13(12)16/h6-8,11H,2-5,17H2,1H3,(H,18,19). The van der Waals surface area contributed by atoms with E-state index in [0.29, 0.717) is 5.92 Å². The predicted octanol–water partition coefficient (Wildman–Crippen LogP) is 2.86. The van der Waals surface area contributed by atoms with Gasteiger partial charge in [-0.3, -0.25) is 4.79 Å². The summed E-state index contributed by atoms with van der Waals surface area (Å²) in [7, 11) is 0. The highest BCUT2D eigenvalue weighted by Gasteiger charge is 2.26. The van der Waals surface area contributed by atoms with Gasteiger partial charge in [0.2, 0.25) is 0 Å². The lowest BCUT2D eigenvalue weighted by molar-refractivity contribution is 0.0902. The average molecular weight is 268 g/mol. The molecule has 3 nitrogen and oxygen atoms in total. The van der Waals surface area contributed by atoms with E-state index >= 15 is 0 Å². The molecule has 1 aromatic rings. The lowest BCUT2D eigenvalue weighted by Gasteiger charge is -2.29. The summed E-state index contributed by atoms with van der Waals surface area (Å²) in [5.41, 5.74) is 4.56. The topological polar surface area (TPSA) is 55.1 Å². The maximum absolute atomic E-state index is 13.7. The van der Waals surface area contributed by atoms with Crippen molar-refractivity contribution in [3.63, 3.8) is 0 Å². The van der Waals surface area contributed by atoms with Gasteiger partial charge >= 0.3 is 0 Å². The van der Waals surface area contributed by atoms with Crippen molar-refractivity contribution in [3.8, 4) is 0 Å². The molecule has 2 unspecified atom stereocenters. The van der Waals surface area contributed by atoms with Crippen molar-refractivity contribution in [1.82, 2.24) is 5.32 Å². The number of carbonyl (C=O) groups excluding carboxylic acids is 1. The first-order valence-electron chi connectivity index (χ1n) is 6.55. The zero-order chi connectivity index (χ0) is 14.0. The maximum atomic E-state index is 13.7. The summed E-state index contributed by atoms with van der Waals surface area (Å²) in [4.78, 5) is 12.0. The molecule has 1 amide bonds. The number of nitrogens with two attached hydrogens (primary N) is 1. The number of hydrogen-bond donors (Lipinski definition) is 2. The number of nitrogen functional groups attached to an aromatic ring is 1. The first-order chi connectivity index (χ1) is 9.00. The SMILES string of the molecule is CC1CCCCC1NC(=O)c1c(F)ccc(N)c1F. The number of benzene rings is 1. The molecule has 104 valence electrons. The molecule has 0 bridgehead atoms. The van der Waals surface area contributed by atoms with E-state index in [1.54, 1.807) is 0 Å². The van der Waals surface area contributed by atoms with Gasteiger partial charge in [0.1, 0.15) is 11.4 Å². The van der Waals surface area contributed by atoms with Crippen LogP contribution in [0.5, 0.6) is 0 Å². The van der Waals surface area contributed by atoms with Crippen LogP contribution >= 0.6 is 0 Å². The molecule has 1 aromatic carbocycles. The van der Waals surface area contributed by atoms with E-state index in [1.165, 1.54) is 0 Å². The third kappa shape index (κ3) is 2.85. The summed E-state index contributed by atoms with van der Waals surface area (Å²) in [5.74, 6) is -2.26. The Morgan fingerprint density at radius 3 is 2.68 bits per heavy atom. The van der Waals surface area contributed by atoms with E-state index in [2.05, 4.69) is 5.32 Å². The molecule has 0 aliphatic heterocycles. The molecule has 2 atom stereocenters. The van der Waals surface area contributed by atoms with Gasteiger partial charge in [0, 0.05) is 6.04 Å². The van der Waals surface area contributed by atoms with Crippen LogP contribution in [0.3, 0.4) is 0 Å². The number of amides is 1. The molecule has 3 N–H and O–H groups in total. The molecule has 0 spiro atoms. The molecular formula is C14H18F2N2O. The molecule has 1 fully saturated rings. The van der Waals surface area contributed by atoms with Crippen molar-refractivity contribution >= 4 is 11.6 Å². The van der Waals surface area contributed by atoms with Crippen LogP contribution in [0.1, 0.15) is 43.0 Å². The Hall–Kier alpha value is -1.65. The van der Waals surface area contributed by atoms with E-state index in [4.69, 9.17) is 5.73 Å². The Morgan fingerprint density at radius 2 is 2.00 bits per heavy atom. The second-order valence-electron chi connectivity index (χ2n) is 5.17. The van der Waals surface area contributed by atoms with Crippen LogP contribution in [-0.2, 0) is 0 Å². The van der Waals surface area contributed by atoms with Gasteiger partial charge in [-0.1, -0.05) is 19.8 Å². The summed E-state index contributed by atoms with van der Waals surface area (Å²) in [6.45, 7) is 2.04. The zero-order valence-electron chi connectivity index (χ0n) is 10.9. The van der Waals surface area contributed by atoms with Crippen LogP contribution in [-0.4, -0.2) is 11.9 Å². The monoisotopic (exact) mass is 268 g/mol. The van der Waals surface area contributed by atoms with Gasteiger partial charge in [-0.25, -0.2) is 8.78 Å². The molecule has 0 aromatic heterocycles. The highest BCUT2D eigenvalue weighted by Crippen LogP contribution is 2.25. The molecule has 19 heavy (non-hydrogen) atoms. The Kier molecular flexibility index (Phi) is 4.02. The van der Waals surface area contributed by atoms with Crippen LogP contribution in [0, 0.1) is 17.6 Å². The van der Waals surface area contributed by atoms with E-state index < -0.39 is 23.1 Å². The average Bonchev–Trinajstić information content (AvgIpc) is 2.37. The van der Waals surface area contributed by atoms with Crippen molar-refractivity contribution in [1.29, 1.82) is 0 Å². The number of anilines is 1. The third-order valence-corrected chi connectivity index (χ3v) is 3.78. The quantitative estimate of drug-likeness (QED) is 0.810. The Labute approximate surface area is 111 Å². The minimum absolute atomic E-state index is 0.0264. The van der Waals surface area contributed by atoms with Crippen molar-refractivity contribution in [2.45, 2.75) is 38.6 Å². The van der Waals surface area contributed by atoms with Gasteiger partial charge in [0.25, 0.3) is 5.91 Å². The number of carbonyl (C=O) groups is 1. The number of rotatable bonds is 2. The number of hydrogen-bond acceptors (Lipinski definition) is 2. The fourth-order valence-electron chi connectivity index (χ4n) is 2.55. The van der Waals surface area contributed by atoms with Gasteiger partial charge in [-0.05, 0) is 30.9 Å². The Morgan fingerprint density at radius 1 is 1.32 bits per heavy atom. The molecule has 1 saturated carbocycles. The van der Waals surface area contributed by atoms with Crippen molar-refractivity contribution in [2.75, 3.05) is 5.73 Å². The second-order valence-corrected chi connectivity index (χ2v) is 5.17. The lowest BCUT2D eigenvalue weighted by Crippen LogP contribution is -2.41. The van der Waals surface area contributed by atoms with Gasteiger partial charge in [0.15, 0.2) is 5.82 Å². The largest absolute Gasteiger partial charge is 0.396 e. The summed E-state index contributed by atoms with van der Waals surface area (Å²) >= 11 is 0. The Balaban J connectivity index is 2.18. The fourth-order valence-corrected chi connectivity index (χ4v) is 2.55. The van der Waals surface area contributed by atoms with Crippen molar-refractivity contribution in [3.05, 3.63) is 29.3 Å². The molecule has 2 rings (SSSR count). The second kappa shape index (κ2) is 5.55. The minimum atomic E-state index is -0.985. The van der Waals surface area contributed by atoms with Crippen molar-refractivity contribution < 1.29 is 13.6 Å². The molecule has 5 heteroatoms. The van der Waals surface area contributed by atoms with Crippen LogP contribution < -0.4 is 11.1 Å². The van der Waals surface area contributed by atoms with Gasteiger partial charge < -0.3 is 11.1 Å². The Bertz CT molecular complexity index is 491. The third-order valence-electron chi connectivity index (χ3n) is 3.78. The lowest BCUT2D eigenvalue weighted by atomic mass is 9.86. The first-order valence-corrected chi connectivity index (χ1v) is 6.55. The van der Waals surface area contributed by atoms with Crippen LogP contribution in [0.25, 0.3) is 0 Å². The summed E-state index contributed by atoms with van der Waals surface area (Å²) in [6.07, 6.45) is 4.02. The maximum Gasteiger partial charge on any atom is 0.257 e. The zero-order valence-corrected chi connectivity index (χ0v) is 10.9. The van der Waals surface area contributed by atoms with Gasteiger partial charge in [-0.2, -0.15) is 0 Å². The molecule has 0 saturated heterocycles. The van der Waals surface area contributed by atoms with Crippen LogP contribution in [0.2, 0.25) is 0 Å². The van der Waals surface area contributed by atoms with E-state index in [-0.39, 0.29) is 11.7 Å². The summed E-state index contributed by atoms with van der Waals surface area (Å²) < 4.78 is 27.3. The molecular weight excluding hydrogens is 250 g/mol. The predicted molar refractivity (Wildman–Crippen MR) is 69.7 cm³/mol. The number of nitrogens with one attached hydrogen (secondary N) is 1. The molecule has 1 aliphatic carbocycles. The van der Waals surface area contributed by atoms with E-state index in [0.717, 1.165) is 37.8 Å². The summed E-state index contributed by atoms with van der Waals surface area (Å²) in [6, 6.07) is 2.10. The van der Waals surface area contributed by atoms with Crippen molar-refractivity contribution in [2.24, 2.45) is 5.92 Å². The summed E-state index contributed by atoms with van der Waals surface area (Å²) in [5, 5.41) is 2.72. The highest BCUT2D eigenvalue weighted by molar-refractivity contribution is 5.95. The molecule has 0 radical (unpaired) electrons. The van der Waals surface area contributed by atoms with E-state index in [9.17, 15) is 13.6 Å².